The van der Waals surface area contributed by atoms with Crippen LogP contribution in [0.25, 0.3) is 0 Å². The summed E-state index contributed by atoms with van der Waals surface area (Å²) in [6, 6.07) is 6.62. The summed E-state index contributed by atoms with van der Waals surface area (Å²) in [4.78, 5) is 23.7. The largest absolute Gasteiger partial charge is 0.349 e. The summed E-state index contributed by atoms with van der Waals surface area (Å²) in [5.74, 6) is 0.391. The first-order valence-corrected chi connectivity index (χ1v) is 9.45. The molecule has 128 valence electrons. The molecule has 1 atom stereocenters. The average Bonchev–Trinajstić information content (AvgIpc) is 2.94. The maximum atomic E-state index is 12.3. The first-order chi connectivity index (χ1) is 11.5. The summed E-state index contributed by atoms with van der Waals surface area (Å²) in [5.41, 5.74) is 0.698. The molecule has 2 rings (SSSR count). The molecule has 2 N–H and O–H groups in total. The zero-order valence-electron chi connectivity index (χ0n) is 13.2. The van der Waals surface area contributed by atoms with Crippen molar-refractivity contribution < 1.29 is 9.59 Å². The van der Waals surface area contributed by atoms with Gasteiger partial charge in [-0.2, -0.15) is 0 Å². The second kappa shape index (κ2) is 9.00. The van der Waals surface area contributed by atoms with Crippen molar-refractivity contribution in [3.63, 3.8) is 0 Å². The van der Waals surface area contributed by atoms with E-state index in [0.29, 0.717) is 15.7 Å². The minimum atomic E-state index is -0.506. The van der Waals surface area contributed by atoms with Crippen molar-refractivity contribution in [2.45, 2.75) is 30.6 Å². The lowest BCUT2D eigenvalue weighted by Crippen LogP contribution is -2.30. The molecule has 0 spiro atoms. The van der Waals surface area contributed by atoms with Gasteiger partial charge in [0, 0.05) is 11.9 Å². The van der Waals surface area contributed by atoms with Crippen molar-refractivity contribution in [3.05, 3.63) is 34.9 Å². The fourth-order valence-electron chi connectivity index (χ4n) is 2.04. The fraction of sp³-hybridized carbons (Fsp3) is 0.333. The molecule has 0 saturated carbocycles. The van der Waals surface area contributed by atoms with Gasteiger partial charge in [0.1, 0.15) is 0 Å². The van der Waals surface area contributed by atoms with Gasteiger partial charge in [-0.3, -0.25) is 9.59 Å². The smallest absolute Gasteiger partial charge is 0.228 e. The van der Waals surface area contributed by atoms with Crippen LogP contribution in [0.5, 0.6) is 0 Å². The third-order valence-electron chi connectivity index (χ3n) is 2.97. The second-order valence-electron chi connectivity index (χ2n) is 4.83. The molecule has 0 unspecified atom stereocenters. The van der Waals surface area contributed by atoms with Crippen molar-refractivity contribution >= 4 is 51.6 Å². The minimum Gasteiger partial charge on any atom is -0.349 e. The van der Waals surface area contributed by atoms with E-state index in [1.165, 1.54) is 18.3 Å². The highest BCUT2D eigenvalue weighted by molar-refractivity contribution is 8.01. The van der Waals surface area contributed by atoms with Crippen LogP contribution in [0.15, 0.2) is 28.6 Å². The molecule has 0 aliphatic heterocycles. The second-order valence-corrected chi connectivity index (χ2v) is 7.73. The maximum Gasteiger partial charge on any atom is 0.228 e. The third-order valence-corrected chi connectivity index (χ3v) is 5.17. The van der Waals surface area contributed by atoms with Crippen LogP contribution in [0.1, 0.15) is 31.9 Å². The van der Waals surface area contributed by atoms with Crippen LogP contribution < -0.4 is 10.6 Å². The number of amides is 2. The summed E-state index contributed by atoms with van der Waals surface area (Å²) >= 11 is 9.06. The molecule has 1 aromatic heterocycles. The summed E-state index contributed by atoms with van der Waals surface area (Å²) in [6.45, 7) is 3.42. The molecule has 24 heavy (non-hydrogen) atoms. The van der Waals surface area contributed by atoms with Gasteiger partial charge in [0.15, 0.2) is 4.34 Å². The number of hydrogen-bond acceptors (Lipinski definition) is 6. The normalized spacial score (nSPS) is 11.8. The Bertz CT molecular complexity index is 723. The molecule has 1 heterocycles. The Kier molecular flexibility index (Phi) is 7.01. The molecule has 9 heteroatoms. The van der Waals surface area contributed by atoms with Crippen molar-refractivity contribution in [2.24, 2.45) is 0 Å². The van der Waals surface area contributed by atoms with E-state index >= 15 is 0 Å². The number of aromatic nitrogens is 2. The Balaban J connectivity index is 2.06. The molecule has 0 saturated heterocycles. The molecule has 6 nitrogen and oxygen atoms in total. The zero-order chi connectivity index (χ0) is 17.5. The van der Waals surface area contributed by atoms with E-state index < -0.39 is 6.04 Å². The van der Waals surface area contributed by atoms with Crippen LogP contribution in [-0.4, -0.2) is 27.8 Å². The predicted molar refractivity (Wildman–Crippen MR) is 97.6 cm³/mol. The third kappa shape index (κ3) is 5.47. The highest BCUT2D eigenvalue weighted by atomic mass is 35.5. The summed E-state index contributed by atoms with van der Waals surface area (Å²) in [6.07, 6.45) is 0.0547. The Morgan fingerprint density at radius 2 is 2.08 bits per heavy atom. The van der Waals surface area contributed by atoms with E-state index in [4.69, 9.17) is 11.6 Å². The van der Waals surface area contributed by atoms with Crippen LogP contribution in [0.3, 0.4) is 0 Å². The molecule has 0 fully saturated rings. The topological polar surface area (TPSA) is 84.0 Å². The zero-order valence-corrected chi connectivity index (χ0v) is 15.6. The van der Waals surface area contributed by atoms with Gasteiger partial charge in [-0.05, 0) is 17.4 Å². The van der Waals surface area contributed by atoms with Crippen LogP contribution in [0.2, 0.25) is 5.02 Å². The molecule has 0 aliphatic carbocycles. The van der Waals surface area contributed by atoms with Crippen LogP contribution in [0, 0.1) is 0 Å². The van der Waals surface area contributed by atoms with Crippen molar-refractivity contribution in [1.29, 1.82) is 0 Å². The Morgan fingerprint density at radius 3 is 2.75 bits per heavy atom. The van der Waals surface area contributed by atoms with Gasteiger partial charge < -0.3 is 10.6 Å². The standard InChI is InChI=1S/C15H17ClN4O2S2/c1-3-23-15-20-19-14(24-15)18-13(22)8-12(17-9(2)21)10-6-4-5-7-11(10)16/h4-7,12H,3,8H2,1-2H3,(H,17,21)(H,18,19,22)/t12-/m0/s1. The lowest BCUT2D eigenvalue weighted by atomic mass is 10.0. The highest BCUT2D eigenvalue weighted by Crippen LogP contribution is 2.27. The van der Waals surface area contributed by atoms with Gasteiger partial charge >= 0.3 is 0 Å². The monoisotopic (exact) mass is 384 g/mol. The molecule has 0 bridgehead atoms. The quantitative estimate of drug-likeness (QED) is 0.563. The number of carbonyl (C=O) groups is 2. The van der Waals surface area contributed by atoms with Crippen LogP contribution >= 0.6 is 34.7 Å². The molecule has 0 radical (unpaired) electrons. The van der Waals surface area contributed by atoms with Crippen molar-refractivity contribution in [2.75, 3.05) is 11.1 Å². The number of halogens is 1. The Hall–Kier alpha value is -1.64. The molecule has 2 aromatic rings. The van der Waals surface area contributed by atoms with Gasteiger partial charge in [-0.1, -0.05) is 59.8 Å². The van der Waals surface area contributed by atoms with Gasteiger partial charge in [0.2, 0.25) is 16.9 Å². The number of nitrogens with zero attached hydrogens (tertiary/aromatic N) is 2. The van der Waals surface area contributed by atoms with E-state index in [1.54, 1.807) is 30.0 Å². The number of carbonyl (C=O) groups excluding carboxylic acids is 2. The van der Waals surface area contributed by atoms with Crippen molar-refractivity contribution in [1.82, 2.24) is 15.5 Å². The SMILES string of the molecule is CCSc1nnc(NC(=O)C[C@H](NC(C)=O)c2ccccc2Cl)s1. The van der Waals surface area contributed by atoms with E-state index in [1.807, 2.05) is 13.0 Å². The number of thioether (sulfide) groups is 1. The lowest BCUT2D eigenvalue weighted by molar-refractivity contribution is -0.120. The van der Waals surface area contributed by atoms with E-state index in [0.717, 1.165) is 10.1 Å². The van der Waals surface area contributed by atoms with Crippen LogP contribution in [0.4, 0.5) is 5.13 Å². The summed E-state index contributed by atoms with van der Waals surface area (Å²) < 4.78 is 0.803. The van der Waals surface area contributed by atoms with Gasteiger partial charge in [0.25, 0.3) is 0 Å². The van der Waals surface area contributed by atoms with E-state index in [9.17, 15) is 9.59 Å². The molecule has 0 aliphatic rings. The number of benzene rings is 1. The Labute approximate surface area is 153 Å². The first-order valence-electron chi connectivity index (χ1n) is 7.27. The lowest BCUT2D eigenvalue weighted by Gasteiger charge is -2.18. The van der Waals surface area contributed by atoms with Gasteiger partial charge in [-0.15, -0.1) is 10.2 Å². The Morgan fingerprint density at radius 1 is 1.33 bits per heavy atom. The molecular weight excluding hydrogens is 368 g/mol. The highest BCUT2D eigenvalue weighted by Gasteiger charge is 2.20. The molecule has 2 amide bonds. The number of hydrogen-bond donors (Lipinski definition) is 2. The predicted octanol–water partition coefficient (Wildman–Crippen LogP) is 3.51. The summed E-state index contributed by atoms with van der Waals surface area (Å²) in [5, 5.41) is 14.3. The summed E-state index contributed by atoms with van der Waals surface area (Å²) in [7, 11) is 0. The number of rotatable bonds is 7. The average molecular weight is 385 g/mol. The minimum absolute atomic E-state index is 0.0547. The first kappa shape index (κ1) is 18.7. The molecule has 1 aromatic carbocycles. The maximum absolute atomic E-state index is 12.3. The fourth-order valence-corrected chi connectivity index (χ4v) is 3.97. The number of nitrogens with one attached hydrogen (secondary N) is 2. The van der Waals surface area contributed by atoms with Crippen molar-refractivity contribution in [3.8, 4) is 0 Å². The molecular formula is C15H17ClN4O2S2. The van der Waals surface area contributed by atoms with Crippen LogP contribution in [-0.2, 0) is 9.59 Å². The van der Waals surface area contributed by atoms with Gasteiger partial charge in [0.05, 0.1) is 12.5 Å². The van der Waals surface area contributed by atoms with E-state index in [-0.39, 0.29) is 18.2 Å². The number of anilines is 1. The van der Waals surface area contributed by atoms with Gasteiger partial charge in [-0.25, -0.2) is 0 Å². The van der Waals surface area contributed by atoms with E-state index in [2.05, 4.69) is 20.8 Å².